The highest BCUT2D eigenvalue weighted by Gasteiger charge is 2.36. The summed E-state index contributed by atoms with van der Waals surface area (Å²) >= 11 is 0. The lowest BCUT2D eigenvalue weighted by Gasteiger charge is -2.20. The molecule has 33 heavy (non-hydrogen) atoms. The second-order valence-corrected chi connectivity index (χ2v) is 9.20. The van der Waals surface area contributed by atoms with Crippen LogP contribution < -0.4 is 10.7 Å². The lowest BCUT2D eigenvalue weighted by Crippen LogP contribution is -2.43. The van der Waals surface area contributed by atoms with Gasteiger partial charge in [-0.05, 0) is 47.7 Å². The second kappa shape index (κ2) is 9.85. The quantitative estimate of drug-likeness (QED) is 0.657. The molecule has 1 fully saturated rings. The molecule has 2 N–H and O–H groups in total. The molecule has 8 nitrogen and oxygen atoms in total. The number of carbonyl (C=O) groups excluding carboxylic acids is 4. The summed E-state index contributed by atoms with van der Waals surface area (Å²) in [4.78, 5) is 49.2. The number of hydrogen-bond donors (Lipinski definition) is 2. The van der Waals surface area contributed by atoms with E-state index in [0.29, 0.717) is 11.3 Å². The average Bonchev–Trinajstić information content (AvgIpc) is 3.12. The number of rotatable bonds is 6. The van der Waals surface area contributed by atoms with Crippen LogP contribution in [0.4, 0.5) is 5.69 Å². The molecule has 0 bridgehead atoms. The predicted molar refractivity (Wildman–Crippen MR) is 123 cm³/mol. The van der Waals surface area contributed by atoms with Crippen LogP contribution in [0.1, 0.15) is 48.7 Å². The van der Waals surface area contributed by atoms with Gasteiger partial charge in [0.1, 0.15) is 0 Å². The summed E-state index contributed by atoms with van der Waals surface area (Å²) < 4.78 is 5.08. The van der Waals surface area contributed by atoms with Crippen LogP contribution in [0.3, 0.4) is 0 Å². The maximum atomic E-state index is 12.5. The fraction of sp³-hybridized carbons (Fsp3) is 0.360. The molecule has 3 amide bonds. The van der Waals surface area contributed by atoms with Gasteiger partial charge in [-0.2, -0.15) is 0 Å². The van der Waals surface area contributed by atoms with Crippen molar-refractivity contribution >= 4 is 29.4 Å². The third-order valence-corrected chi connectivity index (χ3v) is 5.36. The molecule has 8 heteroatoms. The van der Waals surface area contributed by atoms with Gasteiger partial charge in [-0.3, -0.25) is 29.6 Å². The van der Waals surface area contributed by atoms with Crippen molar-refractivity contribution < 1.29 is 23.9 Å². The van der Waals surface area contributed by atoms with Crippen LogP contribution in [0.2, 0.25) is 0 Å². The van der Waals surface area contributed by atoms with Crippen LogP contribution in [0, 0.1) is 12.8 Å². The van der Waals surface area contributed by atoms with Crippen LogP contribution in [0.5, 0.6) is 0 Å². The van der Waals surface area contributed by atoms with Gasteiger partial charge in [-0.15, -0.1) is 0 Å². The third kappa shape index (κ3) is 6.41. The predicted octanol–water partition coefficient (Wildman–Crippen LogP) is 2.97. The van der Waals surface area contributed by atoms with Crippen molar-refractivity contribution in [1.82, 2.24) is 10.4 Å². The minimum Gasteiger partial charge on any atom is -0.455 e. The van der Waals surface area contributed by atoms with E-state index in [1.54, 1.807) is 24.3 Å². The number of amides is 3. The number of hydrazine groups is 1. The molecular weight excluding hydrogens is 422 g/mol. The van der Waals surface area contributed by atoms with Crippen molar-refractivity contribution in [2.24, 2.45) is 5.92 Å². The van der Waals surface area contributed by atoms with E-state index in [2.05, 4.69) is 31.5 Å². The molecule has 0 unspecified atom stereocenters. The number of nitrogens with zero attached hydrogens (tertiary/aromatic N) is 1. The summed E-state index contributed by atoms with van der Waals surface area (Å²) in [6.45, 7) is 7.68. The van der Waals surface area contributed by atoms with Crippen molar-refractivity contribution in [2.45, 2.75) is 39.5 Å². The smallest absolute Gasteiger partial charge is 0.311 e. The van der Waals surface area contributed by atoms with E-state index in [0.717, 1.165) is 16.1 Å². The maximum Gasteiger partial charge on any atom is 0.311 e. The van der Waals surface area contributed by atoms with Gasteiger partial charge < -0.3 is 10.1 Å². The second-order valence-electron chi connectivity index (χ2n) is 9.20. The Bertz CT molecular complexity index is 1060. The molecule has 1 atom stereocenters. The summed E-state index contributed by atoms with van der Waals surface area (Å²) in [6.07, 6.45) is -0.0957. The van der Waals surface area contributed by atoms with E-state index < -0.39 is 30.3 Å². The van der Waals surface area contributed by atoms with Crippen molar-refractivity contribution in [3.05, 3.63) is 65.2 Å². The van der Waals surface area contributed by atoms with Gasteiger partial charge in [0.05, 0.1) is 12.5 Å². The van der Waals surface area contributed by atoms with Gasteiger partial charge in [0, 0.05) is 17.7 Å². The summed E-state index contributed by atoms with van der Waals surface area (Å²) in [7, 11) is 0. The first-order valence-corrected chi connectivity index (χ1v) is 10.8. The largest absolute Gasteiger partial charge is 0.455 e. The van der Waals surface area contributed by atoms with E-state index in [-0.39, 0.29) is 24.3 Å². The monoisotopic (exact) mass is 451 g/mol. The summed E-state index contributed by atoms with van der Waals surface area (Å²) in [5, 5.41) is 3.78. The van der Waals surface area contributed by atoms with Crippen molar-refractivity contribution in [3.63, 3.8) is 0 Å². The molecular formula is C25H29N3O5. The van der Waals surface area contributed by atoms with Gasteiger partial charge in [0.25, 0.3) is 11.8 Å². The van der Waals surface area contributed by atoms with Crippen molar-refractivity contribution in [1.29, 1.82) is 0 Å². The number of nitrogens with one attached hydrogen (secondary N) is 2. The highest BCUT2D eigenvalue weighted by Crippen LogP contribution is 2.22. The Morgan fingerprint density at radius 1 is 1.09 bits per heavy atom. The molecule has 0 spiro atoms. The zero-order chi connectivity index (χ0) is 24.2. The van der Waals surface area contributed by atoms with Crippen LogP contribution >= 0.6 is 0 Å². The maximum absolute atomic E-state index is 12.5. The molecule has 1 heterocycles. The zero-order valence-electron chi connectivity index (χ0n) is 19.3. The summed E-state index contributed by atoms with van der Waals surface area (Å²) in [5.74, 6) is -2.71. The minimum atomic E-state index is -0.757. The van der Waals surface area contributed by atoms with Gasteiger partial charge >= 0.3 is 5.97 Å². The lowest BCUT2D eigenvalue weighted by molar-refractivity contribution is -0.151. The Morgan fingerprint density at radius 3 is 2.42 bits per heavy atom. The van der Waals surface area contributed by atoms with Gasteiger partial charge in [0.2, 0.25) is 5.91 Å². The summed E-state index contributed by atoms with van der Waals surface area (Å²) in [6, 6.07) is 14.4. The Kier molecular flexibility index (Phi) is 7.16. The number of aryl methyl sites for hydroxylation is 1. The first kappa shape index (κ1) is 24.0. The Labute approximate surface area is 193 Å². The van der Waals surface area contributed by atoms with Crippen LogP contribution in [-0.2, 0) is 24.5 Å². The average molecular weight is 452 g/mol. The molecule has 0 saturated carbocycles. The van der Waals surface area contributed by atoms with E-state index >= 15 is 0 Å². The van der Waals surface area contributed by atoms with Gasteiger partial charge in [-0.25, -0.2) is 0 Å². The van der Waals surface area contributed by atoms with E-state index in [9.17, 15) is 19.2 Å². The molecule has 2 aromatic carbocycles. The first-order valence-electron chi connectivity index (χ1n) is 10.8. The molecule has 1 aliphatic heterocycles. The molecule has 174 valence electrons. The fourth-order valence-electron chi connectivity index (χ4n) is 3.46. The van der Waals surface area contributed by atoms with Gasteiger partial charge in [-0.1, -0.05) is 45.0 Å². The number of hydrogen-bond acceptors (Lipinski definition) is 5. The fourth-order valence-corrected chi connectivity index (χ4v) is 3.46. The topological polar surface area (TPSA) is 105 Å². The van der Waals surface area contributed by atoms with E-state index in [1.165, 1.54) is 0 Å². The van der Waals surface area contributed by atoms with Crippen LogP contribution in [0.15, 0.2) is 48.5 Å². The summed E-state index contributed by atoms with van der Waals surface area (Å²) in [5.41, 5.74) is 5.61. The highest BCUT2D eigenvalue weighted by atomic mass is 16.5. The highest BCUT2D eigenvalue weighted by molar-refractivity contribution is 5.97. The molecule has 1 saturated heterocycles. The first-order chi connectivity index (χ1) is 15.5. The number of anilines is 1. The molecule has 1 aliphatic rings. The third-order valence-electron chi connectivity index (χ3n) is 5.36. The zero-order valence-corrected chi connectivity index (χ0v) is 19.3. The molecule has 0 radical (unpaired) electrons. The SMILES string of the molecule is Cc1cccc(NC(=O)COC(=O)[C@@H]2CC(=O)N(NC(=O)c3ccc(C(C)(C)C)cc3)C2)c1. The van der Waals surface area contributed by atoms with Gasteiger partial charge in [0.15, 0.2) is 6.61 Å². The lowest BCUT2D eigenvalue weighted by atomic mass is 9.87. The Hall–Kier alpha value is -3.68. The number of esters is 1. The molecule has 2 aromatic rings. The molecule has 3 rings (SSSR count). The number of ether oxygens (including phenoxy) is 1. The van der Waals surface area contributed by atoms with Crippen LogP contribution in [0.25, 0.3) is 0 Å². The number of benzene rings is 2. The normalized spacial score (nSPS) is 15.8. The van der Waals surface area contributed by atoms with E-state index in [4.69, 9.17) is 4.74 Å². The standard InChI is InChI=1S/C25H29N3O5/c1-16-6-5-7-20(12-16)26-21(29)15-33-24(32)18-13-22(30)28(14-18)27-23(31)17-8-10-19(11-9-17)25(2,3)4/h5-12,18H,13-15H2,1-4H3,(H,26,29)(H,27,31)/t18-/m1/s1. The van der Waals surface area contributed by atoms with Crippen molar-refractivity contribution in [3.8, 4) is 0 Å². The molecule has 0 aliphatic carbocycles. The van der Waals surface area contributed by atoms with Crippen LogP contribution in [-0.4, -0.2) is 41.9 Å². The number of carbonyl (C=O) groups is 4. The molecule has 0 aromatic heterocycles. The van der Waals surface area contributed by atoms with Crippen molar-refractivity contribution in [2.75, 3.05) is 18.5 Å². The van der Waals surface area contributed by atoms with E-state index in [1.807, 2.05) is 31.2 Å². The Morgan fingerprint density at radius 2 is 1.79 bits per heavy atom. The Balaban J connectivity index is 1.49. The minimum absolute atomic E-state index is 0.0109.